The zero-order valence-electron chi connectivity index (χ0n) is 14.9. The fourth-order valence-corrected chi connectivity index (χ4v) is 2.87. The second-order valence-electron chi connectivity index (χ2n) is 6.52. The molecule has 2 aromatic carbocycles. The van der Waals surface area contributed by atoms with Crippen molar-refractivity contribution in [1.29, 1.82) is 0 Å². The first-order chi connectivity index (χ1) is 12.0. The molecule has 0 atom stereocenters. The Balaban J connectivity index is 1.70. The zero-order valence-corrected chi connectivity index (χ0v) is 14.9. The monoisotopic (exact) mass is 340 g/mol. The summed E-state index contributed by atoms with van der Waals surface area (Å²) in [6.07, 6.45) is 0.806. The van der Waals surface area contributed by atoms with Gasteiger partial charge in [-0.3, -0.25) is 0 Å². The third-order valence-electron chi connectivity index (χ3n) is 4.04. The minimum absolute atomic E-state index is 0.574. The second kappa shape index (κ2) is 7.15. The molecular weight excluding hydrogens is 316 g/mol. The van der Waals surface area contributed by atoms with Gasteiger partial charge >= 0.3 is 0 Å². The number of aliphatic hydroxyl groups is 1. The molecule has 5 heteroatoms. The molecule has 1 aromatic heterocycles. The number of ether oxygens (including phenoxy) is 2. The Hall–Kier alpha value is -2.53. The highest BCUT2D eigenvalue weighted by Crippen LogP contribution is 2.25. The maximum absolute atomic E-state index is 10.4. The Morgan fingerprint density at radius 2 is 1.84 bits per heavy atom. The number of methoxy groups -OCH3 is 1. The summed E-state index contributed by atoms with van der Waals surface area (Å²) in [5.74, 6) is 2.25. The number of hydrogen-bond acceptors (Lipinski definition) is 4. The second-order valence-corrected chi connectivity index (χ2v) is 6.52. The summed E-state index contributed by atoms with van der Waals surface area (Å²) in [5.41, 5.74) is 0.932. The molecule has 0 aliphatic carbocycles. The number of aromatic nitrogens is 2. The van der Waals surface area contributed by atoms with Gasteiger partial charge in [-0.1, -0.05) is 18.2 Å². The molecule has 0 radical (unpaired) electrons. The van der Waals surface area contributed by atoms with Crippen molar-refractivity contribution in [2.45, 2.75) is 32.4 Å². The number of nitrogens with zero attached hydrogens (tertiary/aromatic N) is 2. The quantitative estimate of drug-likeness (QED) is 0.666. The molecule has 0 aliphatic heterocycles. The van der Waals surface area contributed by atoms with Crippen LogP contribution >= 0.6 is 0 Å². The lowest BCUT2D eigenvalue weighted by atomic mass is 10.1. The maximum Gasteiger partial charge on any atom is 0.141 e. The third kappa shape index (κ3) is 3.94. The van der Waals surface area contributed by atoms with Crippen LogP contribution in [0.5, 0.6) is 11.5 Å². The lowest BCUT2D eigenvalue weighted by Crippen LogP contribution is -2.22. The van der Waals surface area contributed by atoms with Gasteiger partial charge in [0.1, 0.15) is 22.9 Å². The van der Waals surface area contributed by atoms with Gasteiger partial charge in [-0.05, 0) is 44.5 Å². The Morgan fingerprint density at radius 3 is 2.60 bits per heavy atom. The highest BCUT2D eigenvalue weighted by molar-refractivity contribution is 5.76. The summed E-state index contributed by atoms with van der Waals surface area (Å²) >= 11 is 0. The number of hydrogen-bond donors (Lipinski definition) is 1. The molecule has 0 saturated heterocycles. The highest BCUT2D eigenvalue weighted by Gasteiger charge is 2.24. The molecule has 0 saturated carbocycles. The van der Waals surface area contributed by atoms with Crippen LogP contribution in [0.1, 0.15) is 26.1 Å². The third-order valence-corrected chi connectivity index (χ3v) is 4.04. The number of fused-ring (bicyclic) bond motifs is 1. The summed E-state index contributed by atoms with van der Waals surface area (Å²) in [6.45, 7) is 4.82. The first kappa shape index (κ1) is 17.3. The molecule has 3 aromatic rings. The van der Waals surface area contributed by atoms with E-state index in [1.165, 1.54) is 0 Å². The van der Waals surface area contributed by atoms with Crippen molar-refractivity contribution in [3.63, 3.8) is 0 Å². The topological polar surface area (TPSA) is 56.5 Å². The van der Waals surface area contributed by atoms with E-state index in [0.717, 1.165) is 35.5 Å². The van der Waals surface area contributed by atoms with Gasteiger partial charge in [0.15, 0.2) is 0 Å². The fourth-order valence-electron chi connectivity index (χ4n) is 2.87. The molecule has 3 rings (SSSR count). The Kier molecular flexibility index (Phi) is 4.95. The minimum atomic E-state index is -0.993. The number of rotatable bonds is 7. The van der Waals surface area contributed by atoms with E-state index in [-0.39, 0.29) is 0 Å². The van der Waals surface area contributed by atoms with Crippen molar-refractivity contribution >= 4 is 11.0 Å². The molecule has 0 unspecified atom stereocenters. The summed E-state index contributed by atoms with van der Waals surface area (Å²) in [7, 11) is 1.64. The average Bonchev–Trinajstić information content (AvgIpc) is 2.98. The van der Waals surface area contributed by atoms with Gasteiger partial charge < -0.3 is 19.1 Å². The largest absolute Gasteiger partial charge is 0.497 e. The van der Waals surface area contributed by atoms with E-state index < -0.39 is 5.60 Å². The van der Waals surface area contributed by atoms with Gasteiger partial charge in [-0.25, -0.2) is 4.98 Å². The number of para-hydroxylation sites is 2. The number of benzene rings is 2. The molecule has 0 amide bonds. The highest BCUT2D eigenvalue weighted by atomic mass is 16.5. The zero-order chi connectivity index (χ0) is 17.9. The average molecular weight is 340 g/mol. The van der Waals surface area contributed by atoms with Crippen LogP contribution < -0.4 is 9.47 Å². The van der Waals surface area contributed by atoms with Gasteiger partial charge in [-0.15, -0.1) is 0 Å². The SMILES string of the molecule is COc1cccc(OCCCn2c(C(C)(C)O)nc3ccccc32)c1. The lowest BCUT2D eigenvalue weighted by molar-refractivity contribution is 0.0649. The molecule has 1 heterocycles. The van der Waals surface area contributed by atoms with Crippen molar-refractivity contribution in [2.75, 3.05) is 13.7 Å². The van der Waals surface area contributed by atoms with Crippen molar-refractivity contribution in [3.8, 4) is 11.5 Å². The van der Waals surface area contributed by atoms with Crippen LogP contribution in [0.2, 0.25) is 0 Å². The van der Waals surface area contributed by atoms with Crippen LogP contribution in [0.4, 0.5) is 0 Å². The molecular formula is C20H24N2O3. The Morgan fingerprint density at radius 1 is 1.08 bits per heavy atom. The van der Waals surface area contributed by atoms with Gasteiger partial charge in [0.05, 0.1) is 24.8 Å². The molecule has 1 N–H and O–H groups in total. The van der Waals surface area contributed by atoms with Crippen LogP contribution in [-0.2, 0) is 12.1 Å². The van der Waals surface area contributed by atoms with Crippen LogP contribution in [0.3, 0.4) is 0 Å². The first-order valence-corrected chi connectivity index (χ1v) is 8.44. The van der Waals surface area contributed by atoms with Crippen molar-refractivity contribution in [2.24, 2.45) is 0 Å². The van der Waals surface area contributed by atoms with Crippen LogP contribution in [0.25, 0.3) is 11.0 Å². The van der Waals surface area contributed by atoms with E-state index >= 15 is 0 Å². The normalized spacial score (nSPS) is 11.7. The predicted octanol–water partition coefficient (Wildman–Crippen LogP) is 3.74. The molecule has 132 valence electrons. The van der Waals surface area contributed by atoms with Gasteiger partial charge in [0.25, 0.3) is 0 Å². The molecule has 5 nitrogen and oxygen atoms in total. The van der Waals surface area contributed by atoms with E-state index in [1.807, 2.05) is 48.5 Å². The molecule has 0 bridgehead atoms. The van der Waals surface area contributed by atoms with Gasteiger partial charge in [0, 0.05) is 12.6 Å². The standard InChI is InChI=1S/C20H24N2O3/c1-20(2,23)19-21-17-10-4-5-11-18(17)22(19)12-7-13-25-16-9-6-8-15(14-16)24-3/h4-6,8-11,14,23H,7,12-13H2,1-3H3. The van der Waals surface area contributed by atoms with E-state index in [0.29, 0.717) is 12.4 Å². The number of imidazole rings is 1. The Labute approximate surface area is 147 Å². The van der Waals surface area contributed by atoms with Crippen molar-refractivity contribution < 1.29 is 14.6 Å². The van der Waals surface area contributed by atoms with Crippen LogP contribution in [0, 0.1) is 0 Å². The van der Waals surface area contributed by atoms with E-state index in [9.17, 15) is 5.11 Å². The molecule has 0 spiro atoms. The summed E-state index contributed by atoms with van der Waals surface area (Å²) < 4.78 is 13.1. The van der Waals surface area contributed by atoms with Crippen LogP contribution in [0.15, 0.2) is 48.5 Å². The molecule has 0 fully saturated rings. The Bertz CT molecular complexity index is 850. The fraction of sp³-hybridized carbons (Fsp3) is 0.350. The summed E-state index contributed by atoms with van der Waals surface area (Å²) in [6, 6.07) is 15.5. The number of aryl methyl sites for hydroxylation is 1. The van der Waals surface area contributed by atoms with Crippen molar-refractivity contribution in [3.05, 3.63) is 54.4 Å². The molecule has 0 aliphatic rings. The van der Waals surface area contributed by atoms with E-state index in [4.69, 9.17) is 9.47 Å². The minimum Gasteiger partial charge on any atom is -0.497 e. The lowest BCUT2D eigenvalue weighted by Gasteiger charge is -2.19. The van der Waals surface area contributed by atoms with Crippen molar-refractivity contribution in [1.82, 2.24) is 9.55 Å². The van der Waals surface area contributed by atoms with E-state index in [2.05, 4.69) is 9.55 Å². The van der Waals surface area contributed by atoms with Gasteiger partial charge in [0.2, 0.25) is 0 Å². The van der Waals surface area contributed by atoms with Crippen LogP contribution in [-0.4, -0.2) is 28.4 Å². The first-order valence-electron chi connectivity index (χ1n) is 8.44. The summed E-state index contributed by atoms with van der Waals surface area (Å²) in [4.78, 5) is 4.60. The van der Waals surface area contributed by atoms with Gasteiger partial charge in [-0.2, -0.15) is 0 Å². The summed E-state index contributed by atoms with van der Waals surface area (Å²) in [5, 5.41) is 10.4. The maximum atomic E-state index is 10.4. The smallest absolute Gasteiger partial charge is 0.141 e. The predicted molar refractivity (Wildman–Crippen MR) is 98.1 cm³/mol. The van der Waals surface area contributed by atoms with E-state index in [1.54, 1.807) is 21.0 Å². The molecule has 25 heavy (non-hydrogen) atoms.